The zero-order valence-corrected chi connectivity index (χ0v) is 13.2. The molecule has 0 radical (unpaired) electrons. The number of nitrogens with two attached hydrogens (primary N) is 2. The van der Waals surface area contributed by atoms with Gasteiger partial charge in [0.05, 0.1) is 0 Å². The fourth-order valence-corrected chi connectivity index (χ4v) is 1.19. The molecule has 0 spiro atoms. The molecule has 1 aromatic rings. The van der Waals surface area contributed by atoms with E-state index in [1.165, 1.54) is 5.56 Å². The van der Waals surface area contributed by atoms with E-state index in [1.54, 1.807) is 12.4 Å². The number of rotatable bonds is 7. The van der Waals surface area contributed by atoms with Crippen LogP contribution < -0.4 is 16.8 Å². The van der Waals surface area contributed by atoms with Crippen LogP contribution in [-0.4, -0.2) is 29.9 Å². The summed E-state index contributed by atoms with van der Waals surface area (Å²) in [6, 6.07) is 3.96. The molecule has 0 aliphatic rings. The average Bonchev–Trinajstić information content (AvgIpc) is 2.49. The van der Waals surface area contributed by atoms with Gasteiger partial charge in [-0.1, -0.05) is 13.8 Å². The lowest BCUT2D eigenvalue weighted by Gasteiger charge is -1.99. The van der Waals surface area contributed by atoms with Crippen molar-refractivity contribution in [3.8, 4) is 0 Å². The normalized spacial score (nSPS) is 10.1. The molecular formula is C15H28N4O2. The maximum atomic E-state index is 10.1. The second-order valence-electron chi connectivity index (χ2n) is 4.16. The Morgan fingerprint density at radius 1 is 1.38 bits per heavy atom. The van der Waals surface area contributed by atoms with Gasteiger partial charge in [-0.3, -0.25) is 14.6 Å². The number of amides is 2. The van der Waals surface area contributed by atoms with Crippen LogP contribution in [0.4, 0.5) is 0 Å². The van der Waals surface area contributed by atoms with Gasteiger partial charge in [0.25, 0.3) is 0 Å². The number of nitrogens with zero attached hydrogens (tertiary/aromatic N) is 1. The van der Waals surface area contributed by atoms with Gasteiger partial charge in [0.1, 0.15) is 0 Å². The van der Waals surface area contributed by atoms with E-state index in [0.29, 0.717) is 25.8 Å². The summed E-state index contributed by atoms with van der Waals surface area (Å²) in [5.74, 6) is -0.276. The van der Waals surface area contributed by atoms with Gasteiger partial charge in [-0.05, 0) is 37.5 Å². The van der Waals surface area contributed by atoms with Crippen molar-refractivity contribution >= 4 is 12.3 Å². The van der Waals surface area contributed by atoms with Gasteiger partial charge < -0.3 is 16.8 Å². The molecule has 0 aliphatic carbocycles. The summed E-state index contributed by atoms with van der Waals surface area (Å²) in [6.45, 7) is 6.54. The SMILES string of the molecule is CC.CC(N)CCC(N)=O.O=CNCCc1ccncc1. The second-order valence-corrected chi connectivity index (χ2v) is 4.16. The highest BCUT2D eigenvalue weighted by molar-refractivity contribution is 5.73. The Kier molecular flexibility index (Phi) is 16.4. The summed E-state index contributed by atoms with van der Waals surface area (Å²) in [5.41, 5.74) is 11.4. The second kappa shape index (κ2) is 16.1. The van der Waals surface area contributed by atoms with Crippen LogP contribution in [0.3, 0.4) is 0 Å². The van der Waals surface area contributed by atoms with Crippen molar-refractivity contribution in [3.63, 3.8) is 0 Å². The number of nitrogens with one attached hydrogen (secondary N) is 1. The van der Waals surface area contributed by atoms with Crippen LogP contribution in [0.25, 0.3) is 0 Å². The summed E-state index contributed by atoms with van der Waals surface area (Å²) in [6.07, 6.45) is 6.15. The zero-order valence-electron chi connectivity index (χ0n) is 13.2. The maximum Gasteiger partial charge on any atom is 0.217 e. The smallest absolute Gasteiger partial charge is 0.217 e. The van der Waals surface area contributed by atoms with Gasteiger partial charge in [0.15, 0.2) is 0 Å². The van der Waals surface area contributed by atoms with E-state index in [4.69, 9.17) is 11.5 Å². The number of aromatic nitrogens is 1. The minimum atomic E-state index is -0.276. The van der Waals surface area contributed by atoms with E-state index >= 15 is 0 Å². The molecule has 2 amide bonds. The standard InChI is InChI=1S/C8H10N2O.C5H12N2O.C2H6/c11-7-10-6-3-8-1-4-9-5-2-8;1-4(6)2-3-5(7)8;1-2/h1-2,4-5,7H,3,6H2,(H,10,11);4H,2-3,6H2,1H3,(H2,7,8);1-2H3. The molecular weight excluding hydrogens is 268 g/mol. The summed E-state index contributed by atoms with van der Waals surface area (Å²) in [4.78, 5) is 23.8. The first kappa shape index (κ1) is 21.4. The van der Waals surface area contributed by atoms with Crippen LogP contribution in [0, 0.1) is 0 Å². The number of carbonyl (C=O) groups is 2. The molecule has 5 N–H and O–H groups in total. The summed E-state index contributed by atoms with van der Waals surface area (Å²) in [7, 11) is 0. The third kappa shape index (κ3) is 18.1. The Labute approximate surface area is 127 Å². The Morgan fingerprint density at radius 3 is 2.33 bits per heavy atom. The lowest BCUT2D eigenvalue weighted by molar-refractivity contribution is -0.118. The predicted molar refractivity (Wildman–Crippen MR) is 85.4 cm³/mol. The van der Waals surface area contributed by atoms with E-state index in [2.05, 4.69) is 10.3 Å². The van der Waals surface area contributed by atoms with Crippen LogP contribution in [-0.2, 0) is 16.0 Å². The minimum absolute atomic E-state index is 0.0856. The lowest BCUT2D eigenvalue weighted by atomic mass is 10.2. The minimum Gasteiger partial charge on any atom is -0.370 e. The molecule has 0 aliphatic heterocycles. The Bertz CT molecular complexity index is 356. The fourth-order valence-electron chi connectivity index (χ4n) is 1.19. The molecule has 6 heteroatoms. The van der Waals surface area contributed by atoms with Gasteiger partial charge in [-0.15, -0.1) is 0 Å². The van der Waals surface area contributed by atoms with Crippen LogP contribution >= 0.6 is 0 Å². The molecule has 21 heavy (non-hydrogen) atoms. The highest BCUT2D eigenvalue weighted by Gasteiger charge is 1.96. The number of hydrogen-bond donors (Lipinski definition) is 3. The molecule has 6 nitrogen and oxygen atoms in total. The summed E-state index contributed by atoms with van der Waals surface area (Å²) >= 11 is 0. The Balaban J connectivity index is 0. The molecule has 0 saturated carbocycles. The first-order valence-corrected chi connectivity index (χ1v) is 7.16. The molecule has 0 aromatic carbocycles. The number of carbonyl (C=O) groups excluding carboxylic acids is 2. The van der Waals surface area contributed by atoms with Crippen LogP contribution in [0.15, 0.2) is 24.5 Å². The van der Waals surface area contributed by atoms with Crippen molar-refractivity contribution in [3.05, 3.63) is 30.1 Å². The van der Waals surface area contributed by atoms with E-state index in [9.17, 15) is 9.59 Å². The number of primary amides is 1. The van der Waals surface area contributed by atoms with E-state index in [-0.39, 0.29) is 11.9 Å². The zero-order chi connectivity index (χ0) is 16.5. The monoisotopic (exact) mass is 296 g/mol. The van der Waals surface area contributed by atoms with Crippen molar-refractivity contribution in [1.29, 1.82) is 0 Å². The van der Waals surface area contributed by atoms with Crippen molar-refractivity contribution in [2.75, 3.05) is 6.54 Å². The Hall–Kier alpha value is -1.95. The van der Waals surface area contributed by atoms with Crippen molar-refractivity contribution < 1.29 is 9.59 Å². The van der Waals surface area contributed by atoms with Crippen molar-refractivity contribution in [1.82, 2.24) is 10.3 Å². The molecule has 0 saturated heterocycles. The van der Waals surface area contributed by atoms with Crippen LogP contribution in [0.5, 0.6) is 0 Å². The molecule has 0 bridgehead atoms. The number of pyridine rings is 1. The predicted octanol–water partition coefficient (Wildman–Crippen LogP) is 0.995. The van der Waals surface area contributed by atoms with Gasteiger partial charge in [0.2, 0.25) is 12.3 Å². The average molecular weight is 296 g/mol. The molecule has 0 fully saturated rings. The highest BCUT2D eigenvalue weighted by atomic mass is 16.1. The highest BCUT2D eigenvalue weighted by Crippen LogP contribution is 1.95. The van der Waals surface area contributed by atoms with Crippen molar-refractivity contribution in [2.24, 2.45) is 11.5 Å². The maximum absolute atomic E-state index is 10.1. The quantitative estimate of drug-likeness (QED) is 0.514. The van der Waals surface area contributed by atoms with Crippen LogP contribution in [0.2, 0.25) is 0 Å². The lowest BCUT2D eigenvalue weighted by Crippen LogP contribution is -2.19. The van der Waals surface area contributed by atoms with Gasteiger partial charge in [0, 0.05) is 31.4 Å². The summed E-state index contributed by atoms with van der Waals surface area (Å²) < 4.78 is 0. The topological polar surface area (TPSA) is 111 Å². The third-order valence-electron chi connectivity index (χ3n) is 2.24. The van der Waals surface area contributed by atoms with Crippen LogP contribution in [0.1, 0.15) is 39.2 Å². The van der Waals surface area contributed by atoms with Gasteiger partial charge >= 0.3 is 0 Å². The molecule has 1 heterocycles. The first-order valence-electron chi connectivity index (χ1n) is 7.16. The van der Waals surface area contributed by atoms with E-state index in [0.717, 1.165) is 6.42 Å². The molecule has 120 valence electrons. The largest absolute Gasteiger partial charge is 0.370 e. The van der Waals surface area contributed by atoms with E-state index < -0.39 is 0 Å². The first-order chi connectivity index (χ1) is 10.1. The number of hydrogen-bond acceptors (Lipinski definition) is 4. The van der Waals surface area contributed by atoms with Crippen molar-refractivity contribution in [2.45, 2.75) is 46.1 Å². The summed E-state index contributed by atoms with van der Waals surface area (Å²) in [5, 5.41) is 2.60. The third-order valence-corrected chi connectivity index (χ3v) is 2.24. The fraction of sp³-hybridized carbons (Fsp3) is 0.533. The van der Waals surface area contributed by atoms with E-state index in [1.807, 2.05) is 32.9 Å². The van der Waals surface area contributed by atoms with Gasteiger partial charge in [-0.2, -0.15) is 0 Å². The molecule has 1 atom stereocenters. The van der Waals surface area contributed by atoms with Gasteiger partial charge in [-0.25, -0.2) is 0 Å². The molecule has 1 rings (SSSR count). The Morgan fingerprint density at radius 2 is 1.95 bits per heavy atom. The molecule has 1 unspecified atom stereocenters. The molecule has 1 aromatic heterocycles.